The van der Waals surface area contributed by atoms with Gasteiger partial charge in [-0.05, 0) is 6.07 Å². The van der Waals surface area contributed by atoms with Crippen LogP contribution in [0.2, 0.25) is 10.0 Å². The Morgan fingerprint density at radius 3 is 2.37 bits per heavy atom. The lowest BCUT2D eigenvalue weighted by Crippen LogP contribution is -2.09. The molecule has 100 valence electrons. The topological polar surface area (TPSA) is 12.9 Å². The van der Waals surface area contributed by atoms with Crippen molar-refractivity contribution in [3.05, 3.63) is 51.9 Å². The first-order valence-electron chi connectivity index (χ1n) is 4.98. The fraction of sp³-hybridized carbons (Fsp3) is 0.0833. The molecule has 1 aromatic heterocycles. The Balaban J connectivity index is 2.54. The van der Waals surface area contributed by atoms with Gasteiger partial charge in [0, 0.05) is 17.8 Å². The van der Waals surface area contributed by atoms with Gasteiger partial charge in [0.1, 0.15) is 11.4 Å². The quantitative estimate of drug-likeness (QED) is 0.659. The molecule has 2 rings (SSSR count). The van der Waals surface area contributed by atoms with Gasteiger partial charge in [0.25, 0.3) is 0 Å². The molecule has 0 atom stereocenters. The highest BCUT2D eigenvalue weighted by Crippen LogP contribution is 2.35. The highest BCUT2D eigenvalue weighted by atomic mass is 35.5. The summed E-state index contributed by atoms with van der Waals surface area (Å²) >= 11 is 11.7. The van der Waals surface area contributed by atoms with E-state index in [1.54, 1.807) is 6.07 Å². The SMILES string of the molecule is Fc1cc(-c2cccc(Cl)c2Cl)ncc1C(F)(F)F. The van der Waals surface area contributed by atoms with E-state index >= 15 is 0 Å². The molecule has 0 aliphatic rings. The summed E-state index contributed by atoms with van der Waals surface area (Å²) in [5, 5.41) is 0.317. The van der Waals surface area contributed by atoms with Gasteiger partial charge in [-0.15, -0.1) is 0 Å². The van der Waals surface area contributed by atoms with Gasteiger partial charge in [0.2, 0.25) is 0 Å². The zero-order valence-corrected chi connectivity index (χ0v) is 10.6. The summed E-state index contributed by atoms with van der Waals surface area (Å²) in [6.07, 6.45) is -4.35. The molecule has 0 radical (unpaired) electrons. The molecule has 0 amide bonds. The molecule has 0 unspecified atom stereocenters. The van der Waals surface area contributed by atoms with Gasteiger partial charge in [-0.2, -0.15) is 13.2 Å². The van der Waals surface area contributed by atoms with Crippen molar-refractivity contribution in [2.75, 3.05) is 0 Å². The fourth-order valence-electron chi connectivity index (χ4n) is 1.49. The van der Waals surface area contributed by atoms with Crippen LogP contribution in [0.4, 0.5) is 17.6 Å². The monoisotopic (exact) mass is 309 g/mol. The highest BCUT2D eigenvalue weighted by molar-refractivity contribution is 6.43. The number of halogens is 6. The maximum Gasteiger partial charge on any atom is 0.420 e. The van der Waals surface area contributed by atoms with Gasteiger partial charge in [0.05, 0.1) is 15.7 Å². The predicted molar refractivity (Wildman–Crippen MR) is 64.7 cm³/mol. The van der Waals surface area contributed by atoms with E-state index in [1.807, 2.05) is 0 Å². The lowest BCUT2D eigenvalue weighted by atomic mass is 10.1. The van der Waals surface area contributed by atoms with Crippen LogP contribution in [0.25, 0.3) is 11.3 Å². The zero-order valence-electron chi connectivity index (χ0n) is 9.10. The van der Waals surface area contributed by atoms with Crippen LogP contribution >= 0.6 is 23.2 Å². The van der Waals surface area contributed by atoms with E-state index in [2.05, 4.69) is 4.98 Å². The van der Waals surface area contributed by atoms with E-state index in [1.165, 1.54) is 12.1 Å². The average molecular weight is 310 g/mol. The van der Waals surface area contributed by atoms with Gasteiger partial charge < -0.3 is 0 Å². The largest absolute Gasteiger partial charge is 0.420 e. The number of hydrogen-bond acceptors (Lipinski definition) is 1. The molecule has 7 heteroatoms. The van der Waals surface area contributed by atoms with Crippen LogP contribution in [-0.4, -0.2) is 4.98 Å². The number of pyridine rings is 1. The molecule has 0 fully saturated rings. The Morgan fingerprint density at radius 1 is 1.11 bits per heavy atom. The van der Waals surface area contributed by atoms with Crippen molar-refractivity contribution in [3.63, 3.8) is 0 Å². The molecule has 0 N–H and O–H groups in total. The van der Waals surface area contributed by atoms with Crippen LogP contribution in [0, 0.1) is 5.82 Å². The van der Waals surface area contributed by atoms with E-state index in [4.69, 9.17) is 23.2 Å². The number of rotatable bonds is 1. The molecule has 1 heterocycles. The lowest BCUT2D eigenvalue weighted by Gasteiger charge is -2.10. The molecule has 1 nitrogen and oxygen atoms in total. The van der Waals surface area contributed by atoms with Gasteiger partial charge >= 0.3 is 6.18 Å². The van der Waals surface area contributed by atoms with Crippen molar-refractivity contribution in [2.24, 2.45) is 0 Å². The first-order chi connectivity index (χ1) is 8.80. The Hall–Kier alpha value is -1.33. The second-order valence-corrected chi connectivity index (χ2v) is 4.43. The normalized spacial score (nSPS) is 11.7. The second-order valence-electron chi connectivity index (χ2n) is 3.65. The zero-order chi connectivity index (χ0) is 14.2. The minimum Gasteiger partial charge on any atom is -0.255 e. The summed E-state index contributed by atoms with van der Waals surface area (Å²) in [6, 6.07) is 5.22. The van der Waals surface area contributed by atoms with Crippen LogP contribution in [0.3, 0.4) is 0 Å². The number of alkyl halides is 3. The van der Waals surface area contributed by atoms with Crippen molar-refractivity contribution in [1.82, 2.24) is 4.98 Å². The molecular formula is C12H5Cl2F4N. The molecule has 0 aliphatic heterocycles. The predicted octanol–water partition coefficient (Wildman–Crippen LogP) is 5.21. The lowest BCUT2D eigenvalue weighted by molar-refractivity contribution is -0.140. The molecule has 0 spiro atoms. The number of benzene rings is 1. The Morgan fingerprint density at radius 2 is 1.79 bits per heavy atom. The van der Waals surface area contributed by atoms with Gasteiger partial charge in [-0.25, -0.2) is 4.39 Å². The highest BCUT2D eigenvalue weighted by Gasteiger charge is 2.34. The van der Waals surface area contributed by atoms with Crippen molar-refractivity contribution >= 4 is 23.2 Å². The van der Waals surface area contributed by atoms with Gasteiger partial charge in [-0.1, -0.05) is 35.3 Å². The third-order valence-electron chi connectivity index (χ3n) is 2.39. The summed E-state index contributed by atoms with van der Waals surface area (Å²) < 4.78 is 50.6. The summed E-state index contributed by atoms with van der Waals surface area (Å²) in [5.41, 5.74) is -1.17. The molecule has 2 aromatic rings. The summed E-state index contributed by atoms with van der Waals surface area (Å²) in [5.74, 6) is -1.41. The first-order valence-corrected chi connectivity index (χ1v) is 5.73. The summed E-state index contributed by atoms with van der Waals surface area (Å²) in [6.45, 7) is 0. The van der Waals surface area contributed by atoms with E-state index in [-0.39, 0.29) is 21.3 Å². The summed E-state index contributed by atoms with van der Waals surface area (Å²) in [7, 11) is 0. The third-order valence-corrected chi connectivity index (χ3v) is 3.21. The van der Waals surface area contributed by atoms with E-state index in [9.17, 15) is 17.6 Å². The smallest absolute Gasteiger partial charge is 0.255 e. The van der Waals surface area contributed by atoms with E-state index < -0.39 is 17.6 Å². The molecule has 0 saturated carbocycles. The molecule has 0 saturated heterocycles. The Kier molecular flexibility index (Phi) is 3.69. The van der Waals surface area contributed by atoms with Crippen LogP contribution < -0.4 is 0 Å². The Bertz CT molecular complexity index is 626. The average Bonchev–Trinajstić information content (AvgIpc) is 2.31. The minimum absolute atomic E-state index is 0.0157. The summed E-state index contributed by atoms with van der Waals surface area (Å²) in [4.78, 5) is 3.58. The molecule has 0 bridgehead atoms. The van der Waals surface area contributed by atoms with E-state index in [0.29, 0.717) is 12.3 Å². The number of hydrogen-bond donors (Lipinski definition) is 0. The van der Waals surface area contributed by atoms with Gasteiger partial charge in [-0.3, -0.25) is 4.98 Å². The van der Waals surface area contributed by atoms with Crippen LogP contribution in [-0.2, 0) is 6.18 Å². The van der Waals surface area contributed by atoms with Crippen molar-refractivity contribution in [2.45, 2.75) is 6.18 Å². The minimum atomic E-state index is -4.78. The maximum absolute atomic E-state index is 13.4. The maximum atomic E-state index is 13.4. The molecular weight excluding hydrogens is 305 g/mol. The standard InChI is InChI=1S/C12H5Cl2F4N/c13-8-3-1-2-6(11(8)14)10-4-9(15)7(5-19-10)12(16,17)18/h1-5H. The molecule has 0 aliphatic carbocycles. The number of nitrogens with zero attached hydrogens (tertiary/aromatic N) is 1. The number of aromatic nitrogens is 1. The van der Waals surface area contributed by atoms with Crippen molar-refractivity contribution < 1.29 is 17.6 Å². The Labute approximate surface area is 115 Å². The van der Waals surface area contributed by atoms with Crippen LogP contribution in [0.1, 0.15) is 5.56 Å². The van der Waals surface area contributed by atoms with Crippen molar-refractivity contribution in [3.8, 4) is 11.3 Å². The molecule has 19 heavy (non-hydrogen) atoms. The van der Waals surface area contributed by atoms with Crippen molar-refractivity contribution in [1.29, 1.82) is 0 Å². The third kappa shape index (κ3) is 2.82. The van der Waals surface area contributed by atoms with Crippen LogP contribution in [0.15, 0.2) is 30.5 Å². The molecule has 1 aromatic carbocycles. The van der Waals surface area contributed by atoms with Crippen LogP contribution in [0.5, 0.6) is 0 Å². The first kappa shape index (κ1) is 14.1. The van der Waals surface area contributed by atoms with Gasteiger partial charge in [0.15, 0.2) is 0 Å². The van der Waals surface area contributed by atoms with E-state index in [0.717, 1.165) is 0 Å². The fourth-order valence-corrected chi connectivity index (χ4v) is 1.89. The second kappa shape index (κ2) is 4.98.